The molecule has 5 aliphatic rings. The molecule has 0 radical (unpaired) electrons. The Labute approximate surface area is 192 Å². The highest BCUT2D eigenvalue weighted by Crippen LogP contribution is 2.74. The fraction of sp³-hybridized carbons (Fsp3) is 0.900. The van der Waals surface area contributed by atoms with Gasteiger partial charge in [-0.3, -0.25) is 4.79 Å². The second-order valence-electron chi connectivity index (χ2n) is 15.1. The van der Waals surface area contributed by atoms with Gasteiger partial charge in [-0.2, -0.15) is 0 Å². The molecule has 5 rings (SSSR count). The molecule has 7 atom stereocenters. The number of allylic oxidation sites excluding steroid dienone is 2. The zero-order valence-corrected chi connectivity index (χ0v) is 21.8. The van der Waals surface area contributed by atoms with Gasteiger partial charge in [0, 0.05) is 11.8 Å². The van der Waals surface area contributed by atoms with Gasteiger partial charge in [0.1, 0.15) is 5.78 Å². The van der Waals surface area contributed by atoms with Crippen LogP contribution in [-0.2, 0) is 4.79 Å². The van der Waals surface area contributed by atoms with Gasteiger partial charge in [-0.15, -0.1) is 0 Å². The fourth-order valence-electron chi connectivity index (χ4n) is 10.7. The van der Waals surface area contributed by atoms with Gasteiger partial charge in [0.2, 0.25) is 0 Å². The fourth-order valence-corrected chi connectivity index (χ4v) is 10.7. The number of rotatable bonds is 0. The summed E-state index contributed by atoms with van der Waals surface area (Å²) in [5.74, 6) is 2.66. The summed E-state index contributed by atoms with van der Waals surface area (Å²) in [5, 5.41) is 0. The molecule has 0 aliphatic heterocycles. The van der Waals surface area contributed by atoms with E-state index in [0.717, 1.165) is 24.7 Å². The smallest absolute Gasteiger partial charge is 0.138 e. The highest BCUT2D eigenvalue weighted by molar-refractivity contribution is 5.85. The Morgan fingerprint density at radius 2 is 1.35 bits per heavy atom. The van der Waals surface area contributed by atoms with E-state index in [0.29, 0.717) is 38.8 Å². The molecule has 5 aliphatic carbocycles. The number of carbonyl (C=O) groups excluding carboxylic acids is 1. The molecule has 0 saturated heterocycles. The lowest BCUT2D eigenvalue weighted by molar-refractivity contribution is -0.168. The van der Waals surface area contributed by atoms with Crippen LogP contribution in [0.1, 0.15) is 120 Å². The van der Waals surface area contributed by atoms with Gasteiger partial charge in [0.05, 0.1) is 0 Å². The second kappa shape index (κ2) is 6.29. The van der Waals surface area contributed by atoms with Crippen LogP contribution in [0.4, 0.5) is 0 Å². The minimum atomic E-state index is -0.137. The zero-order valence-electron chi connectivity index (χ0n) is 21.8. The minimum Gasteiger partial charge on any atom is -0.299 e. The molecular formula is C30H48O. The molecule has 0 unspecified atom stereocenters. The Morgan fingerprint density at radius 1 is 0.742 bits per heavy atom. The lowest BCUT2D eigenvalue weighted by atomic mass is 9.35. The van der Waals surface area contributed by atoms with Gasteiger partial charge in [-0.1, -0.05) is 67.0 Å². The summed E-state index contributed by atoms with van der Waals surface area (Å²) in [6.45, 7) is 20.1. The van der Waals surface area contributed by atoms with E-state index < -0.39 is 0 Å². The number of hydrogen-bond acceptors (Lipinski definition) is 1. The maximum atomic E-state index is 12.9. The summed E-state index contributed by atoms with van der Waals surface area (Å²) in [6, 6.07) is 0. The maximum absolute atomic E-state index is 12.9. The third kappa shape index (κ3) is 2.76. The summed E-state index contributed by atoms with van der Waals surface area (Å²) < 4.78 is 0. The van der Waals surface area contributed by atoms with E-state index in [1.165, 1.54) is 51.4 Å². The average Bonchev–Trinajstić information content (AvgIpc) is 2.66. The van der Waals surface area contributed by atoms with Crippen molar-refractivity contribution < 1.29 is 4.79 Å². The highest BCUT2D eigenvalue weighted by Gasteiger charge is 2.66. The number of ketones is 1. The third-order valence-electron chi connectivity index (χ3n) is 12.5. The average molecular weight is 425 g/mol. The van der Waals surface area contributed by atoms with Crippen LogP contribution in [0.2, 0.25) is 0 Å². The monoisotopic (exact) mass is 424 g/mol. The van der Waals surface area contributed by atoms with Crippen LogP contribution < -0.4 is 0 Å². The van der Waals surface area contributed by atoms with E-state index in [-0.39, 0.29) is 5.41 Å². The van der Waals surface area contributed by atoms with Gasteiger partial charge < -0.3 is 0 Å². The van der Waals surface area contributed by atoms with Gasteiger partial charge in [-0.25, -0.2) is 0 Å². The molecular weight excluding hydrogens is 376 g/mol. The lowest BCUT2D eigenvalue weighted by Crippen LogP contribution is -2.62. The molecule has 1 nitrogen and oxygen atoms in total. The molecule has 0 amide bonds. The molecule has 0 aromatic rings. The zero-order chi connectivity index (χ0) is 22.7. The van der Waals surface area contributed by atoms with Gasteiger partial charge in [0.15, 0.2) is 0 Å². The van der Waals surface area contributed by atoms with Crippen LogP contribution in [0.15, 0.2) is 11.6 Å². The predicted octanol–water partition coefficient (Wildman–Crippen LogP) is 8.38. The highest BCUT2D eigenvalue weighted by atomic mass is 16.1. The molecule has 0 heterocycles. The Morgan fingerprint density at radius 3 is 2.03 bits per heavy atom. The third-order valence-corrected chi connectivity index (χ3v) is 12.5. The van der Waals surface area contributed by atoms with Crippen LogP contribution in [0.25, 0.3) is 0 Å². The van der Waals surface area contributed by atoms with Gasteiger partial charge >= 0.3 is 0 Å². The standard InChI is InChI=1S/C30H48O/c1-25(2)17-18-27(5)13-9-21-29(7)14-10-20-26(3,4)24(31)12-16-28(20,6)22(29)11-15-30(21,8)23(27)19-25/h9,20,22-23H,10-19H2,1-8H3/t20-,22+,23+,27-,28-,29-,30+/m1/s1. The van der Waals surface area contributed by atoms with Crippen LogP contribution in [0, 0.1) is 50.2 Å². The molecule has 31 heavy (non-hydrogen) atoms. The molecule has 0 N–H and O–H groups in total. The molecule has 0 aromatic heterocycles. The summed E-state index contributed by atoms with van der Waals surface area (Å²) in [4.78, 5) is 12.9. The maximum Gasteiger partial charge on any atom is 0.138 e. The van der Waals surface area contributed by atoms with Gasteiger partial charge in [-0.05, 0) is 103 Å². The van der Waals surface area contributed by atoms with Crippen molar-refractivity contribution >= 4 is 5.78 Å². The first-order valence-corrected chi connectivity index (χ1v) is 13.4. The number of carbonyl (C=O) groups is 1. The molecule has 174 valence electrons. The first-order chi connectivity index (χ1) is 14.2. The summed E-state index contributed by atoms with van der Waals surface area (Å²) in [5.41, 5.74) is 3.73. The molecule has 4 fully saturated rings. The van der Waals surface area contributed by atoms with Crippen LogP contribution in [0.5, 0.6) is 0 Å². The molecule has 0 bridgehead atoms. The van der Waals surface area contributed by atoms with Crippen LogP contribution >= 0.6 is 0 Å². The van der Waals surface area contributed by atoms with Crippen molar-refractivity contribution in [2.75, 3.05) is 0 Å². The summed E-state index contributed by atoms with van der Waals surface area (Å²) in [7, 11) is 0. The topological polar surface area (TPSA) is 17.1 Å². The number of Topliss-reactive ketones (excluding diaryl/α,β-unsaturated/α-hetero) is 1. The normalized spacial score (nSPS) is 52.8. The first kappa shape index (κ1) is 22.2. The Kier molecular flexibility index (Phi) is 4.51. The van der Waals surface area contributed by atoms with E-state index >= 15 is 0 Å². The second-order valence-corrected chi connectivity index (χ2v) is 15.1. The van der Waals surface area contributed by atoms with Crippen molar-refractivity contribution in [2.45, 2.75) is 120 Å². The molecule has 1 heteroatoms. The first-order valence-electron chi connectivity index (χ1n) is 13.4. The van der Waals surface area contributed by atoms with Gasteiger partial charge in [0.25, 0.3) is 0 Å². The van der Waals surface area contributed by atoms with Crippen molar-refractivity contribution in [1.82, 2.24) is 0 Å². The molecule has 0 aromatic carbocycles. The lowest BCUT2D eigenvalue weighted by Gasteiger charge is -2.69. The van der Waals surface area contributed by atoms with E-state index in [9.17, 15) is 4.79 Å². The van der Waals surface area contributed by atoms with E-state index in [1.54, 1.807) is 0 Å². The minimum absolute atomic E-state index is 0.137. The van der Waals surface area contributed by atoms with Crippen molar-refractivity contribution in [3.05, 3.63) is 11.6 Å². The molecule has 4 saturated carbocycles. The SMILES string of the molecule is CC1(C)CC[C@@]2(C)CC=C3[C@](C)(CC[C@H]4[C@]5(C)CCC(=O)C(C)(C)[C@H]5CC[C@]34C)[C@H]2C1. The van der Waals surface area contributed by atoms with Crippen molar-refractivity contribution in [3.8, 4) is 0 Å². The Hall–Kier alpha value is -0.590. The Balaban J connectivity index is 1.56. The van der Waals surface area contributed by atoms with Crippen molar-refractivity contribution in [1.29, 1.82) is 0 Å². The molecule has 0 spiro atoms. The van der Waals surface area contributed by atoms with Crippen molar-refractivity contribution in [2.24, 2.45) is 50.2 Å². The Bertz CT molecular complexity index is 831. The van der Waals surface area contributed by atoms with E-state index in [2.05, 4.69) is 61.5 Å². The quantitative estimate of drug-likeness (QED) is 0.357. The predicted molar refractivity (Wildman–Crippen MR) is 130 cm³/mol. The summed E-state index contributed by atoms with van der Waals surface area (Å²) >= 11 is 0. The van der Waals surface area contributed by atoms with Crippen LogP contribution in [0.3, 0.4) is 0 Å². The number of fused-ring (bicyclic) bond motifs is 7. The van der Waals surface area contributed by atoms with Crippen molar-refractivity contribution in [3.63, 3.8) is 0 Å². The van der Waals surface area contributed by atoms with E-state index in [1.807, 2.05) is 5.57 Å². The summed E-state index contributed by atoms with van der Waals surface area (Å²) in [6.07, 6.45) is 15.5. The largest absolute Gasteiger partial charge is 0.299 e. The van der Waals surface area contributed by atoms with Crippen LogP contribution in [-0.4, -0.2) is 5.78 Å². The number of hydrogen-bond donors (Lipinski definition) is 0. The van der Waals surface area contributed by atoms with E-state index in [4.69, 9.17) is 0 Å².